The first kappa shape index (κ1) is 16.6. The summed E-state index contributed by atoms with van der Waals surface area (Å²) in [5.41, 5.74) is 4.00. The topological polar surface area (TPSA) is 26.2 Å². The Morgan fingerprint density at radius 3 is 2.76 bits per heavy atom. The number of ether oxygens (including phenoxy) is 1. The summed E-state index contributed by atoms with van der Waals surface area (Å²) in [6.07, 6.45) is 0. The number of nitrogens with one attached hydrogen (secondary N) is 1. The minimum absolute atomic E-state index is 0.210. The number of hydrogen-bond donors (Lipinski definition) is 1. The number of halogens is 1. The van der Waals surface area contributed by atoms with E-state index >= 15 is 0 Å². The van der Waals surface area contributed by atoms with Crippen molar-refractivity contribution in [2.45, 2.75) is 19.4 Å². The average Bonchev–Trinajstić information content (AvgIpc) is 2.94. The average molecular weight is 389 g/mol. The highest BCUT2D eigenvalue weighted by molar-refractivity contribution is 7.71. The third-order valence-electron chi connectivity index (χ3n) is 4.36. The normalized spacial score (nSPS) is 14.4. The predicted octanol–water partition coefficient (Wildman–Crippen LogP) is 6.26. The number of hydrogen-bond acceptors (Lipinski definition) is 4. The lowest BCUT2D eigenvalue weighted by Crippen LogP contribution is -2.30. The Bertz CT molecular complexity index is 1040. The third-order valence-corrected chi connectivity index (χ3v) is 6.57. The fourth-order valence-corrected chi connectivity index (χ4v) is 4.99. The molecule has 0 atom stereocenters. The van der Waals surface area contributed by atoms with Crippen molar-refractivity contribution in [2.75, 3.05) is 12.4 Å². The molecule has 1 aliphatic rings. The van der Waals surface area contributed by atoms with Gasteiger partial charge in [0, 0.05) is 27.9 Å². The number of aromatic nitrogens is 1. The van der Waals surface area contributed by atoms with Crippen LogP contribution in [0.5, 0.6) is 5.75 Å². The van der Waals surface area contributed by atoms with Gasteiger partial charge in [-0.2, -0.15) is 0 Å². The van der Waals surface area contributed by atoms with Crippen LogP contribution in [0.3, 0.4) is 0 Å². The second-order valence-corrected chi connectivity index (χ2v) is 8.32. The van der Waals surface area contributed by atoms with Gasteiger partial charge >= 0.3 is 0 Å². The Labute approximate surface area is 161 Å². The maximum absolute atomic E-state index is 6.25. The highest BCUT2D eigenvalue weighted by Crippen LogP contribution is 2.48. The quantitative estimate of drug-likeness (QED) is 0.525. The van der Waals surface area contributed by atoms with E-state index in [-0.39, 0.29) is 5.54 Å². The first-order valence-electron chi connectivity index (χ1n) is 7.90. The van der Waals surface area contributed by atoms with Gasteiger partial charge in [-0.25, -0.2) is 0 Å². The van der Waals surface area contributed by atoms with Crippen LogP contribution in [0.25, 0.3) is 16.8 Å². The largest absolute Gasteiger partial charge is 0.497 e. The van der Waals surface area contributed by atoms with Crippen LogP contribution >= 0.6 is 35.4 Å². The summed E-state index contributed by atoms with van der Waals surface area (Å²) < 4.78 is 8.24. The molecule has 0 amide bonds. The van der Waals surface area contributed by atoms with Crippen LogP contribution in [-0.4, -0.2) is 11.1 Å². The van der Waals surface area contributed by atoms with E-state index < -0.39 is 0 Å². The van der Waals surface area contributed by atoms with Gasteiger partial charge in [-0.05, 0) is 44.2 Å². The number of anilines is 1. The molecule has 0 aliphatic carbocycles. The lowest BCUT2D eigenvalue weighted by molar-refractivity contribution is 0.414. The van der Waals surface area contributed by atoms with Crippen molar-refractivity contribution in [3.05, 3.63) is 57.0 Å². The molecule has 1 N–H and O–H groups in total. The maximum Gasteiger partial charge on any atom is 0.129 e. The van der Waals surface area contributed by atoms with Gasteiger partial charge in [0.1, 0.15) is 10.4 Å². The van der Waals surface area contributed by atoms with E-state index in [2.05, 4.69) is 23.1 Å². The van der Waals surface area contributed by atoms with Gasteiger partial charge in [0.05, 0.1) is 23.2 Å². The summed E-state index contributed by atoms with van der Waals surface area (Å²) in [5, 5.41) is 4.31. The minimum atomic E-state index is -0.210. The Hall–Kier alpha value is -1.82. The zero-order valence-electron chi connectivity index (χ0n) is 14.1. The number of fused-ring (bicyclic) bond motifs is 3. The maximum atomic E-state index is 6.25. The molecule has 2 aromatic carbocycles. The standard InChI is InChI=1S/C19H17ClN2OS2/c1-19(2)17-16(14-9-11(20)7-8-15(14)21-19)18(24)22(25-17)12-5-4-6-13(10-12)23-3/h4-10,21H,1-3H3. The van der Waals surface area contributed by atoms with Crippen molar-refractivity contribution in [3.63, 3.8) is 0 Å². The summed E-state index contributed by atoms with van der Waals surface area (Å²) in [4.78, 5) is 1.20. The first-order valence-corrected chi connectivity index (χ1v) is 9.46. The van der Waals surface area contributed by atoms with E-state index in [9.17, 15) is 0 Å². The van der Waals surface area contributed by atoms with Gasteiger partial charge in [0.25, 0.3) is 0 Å². The zero-order chi connectivity index (χ0) is 17.8. The van der Waals surface area contributed by atoms with Crippen molar-refractivity contribution < 1.29 is 4.74 Å². The molecule has 0 spiro atoms. The molecule has 0 unspecified atom stereocenters. The monoisotopic (exact) mass is 388 g/mol. The van der Waals surface area contributed by atoms with Crippen LogP contribution in [0.2, 0.25) is 5.02 Å². The van der Waals surface area contributed by atoms with E-state index in [0.29, 0.717) is 5.02 Å². The van der Waals surface area contributed by atoms with Crippen LogP contribution in [0.1, 0.15) is 18.7 Å². The SMILES string of the molecule is COc1cccc(-n2sc3c(c2=S)-c2cc(Cl)ccc2NC3(C)C)c1. The number of rotatable bonds is 2. The van der Waals surface area contributed by atoms with Crippen molar-refractivity contribution in [3.8, 4) is 22.6 Å². The van der Waals surface area contributed by atoms with Crippen molar-refractivity contribution >= 4 is 41.0 Å². The Morgan fingerprint density at radius 2 is 2.00 bits per heavy atom. The van der Waals surface area contributed by atoms with Gasteiger partial charge in [-0.15, -0.1) is 0 Å². The van der Waals surface area contributed by atoms with Gasteiger partial charge in [-0.1, -0.05) is 41.4 Å². The van der Waals surface area contributed by atoms with Crippen LogP contribution in [0.15, 0.2) is 42.5 Å². The highest BCUT2D eigenvalue weighted by atomic mass is 35.5. The molecule has 25 heavy (non-hydrogen) atoms. The van der Waals surface area contributed by atoms with Gasteiger partial charge in [0.2, 0.25) is 0 Å². The van der Waals surface area contributed by atoms with Crippen molar-refractivity contribution in [2.24, 2.45) is 0 Å². The fraction of sp³-hybridized carbons (Fsp3) is 0.211. The fourth-order valence-electron chi connectivity index (χ4n) is 3.17. The van der Waals surface area contributed by atoms with E-state index in [1.165, 1.54) is 4.88 Å². The molecule has 4 rings (SSSR count). The highest BCUT2D eigenvalue weighted by Gasteiger charge is 2.34. The van der Waals surface area contributed by atoms with Crippen molar-refractivity contribution in [1.82, 2.24) is 3.96 Å². The van der Waals surface area contributed by atoms with Gasteiger partial charge < -0.3 is 10.1 Å². The van der Waals surface area contributed by atoms with E-state index in [0.717, 1.165) is 32.9 Å². The van der Waals surface area contributed by atoms with E-state index in [1.807, 2.05) is 42.5 Å². The lowest BCUT2D eigenvalue weighted by atomic mass is 9.90. The molecule has 1 aromatic heterocycles. The number of benzene rings is 2. The molecule has 3 aromatic rings. The van der Waals surface area contributed by atoms with E-state index in [1.54, 1.807) is 18.6 Å². The summed E-state index contributed by atoms with van der Waals surface area (Å²) >= 11 is 13.8. The van der Waals surface area contributed by atoms with Gasteiger partial charge in [0.15, 0.2) is 0 Å². The van der Waals surface area contributed by atoms with Gasteiger partial charge in [-0.3, -0.25) is 3.96 Å². The molecule has 0 saturated heterocycles. The minimum Gasteiger partial charge on any atom is -0.497 e. The molecule has 0 bridgehead atoms. The molecular formula is C19H17ClN2OS2. The lowest BCUT2D eigenvalue weighted by Gasteiger charge is -2.33. The Balaban J connectivity index is 2.00. The summed E-state index contributed by atoms with van der Waals surface area (Å²) in [5.74, 6) is 0.812. The molecule has 6 heteroatoms. The van der Waals surface area contributed by atoms with E-state index in [4.69, 9.17) is 28.6 Å². The second kappa shape index (κ2) is 5.87. The van der Waals surface area contributed by atoms with Crippen LogP contribution in [0.4, 0.5) is 5.69 Å². The first-order chi connectivity index (χ1) is 11.9. The number of nitrogens with zero attached hydrogens (tertiary/aromatic N) is 1. The van der Waals surface area contributed by atoms with Crippen molar-refractivity contribution in [1.29, 1.82) is 0 Å². The smallest absolute Gasteiger partial charge is 0.129 e. The Kier molecular flexibility index (Phi) is 3.90. The third kappa shape index (κ3) is 2.67. The summed E-state index contributed by atoms with van der Waals surface area (Å²) in [6.45, 7) is 4.34. The molecule has 2 heterocycles. The number of methoxy groups -OCH3 is 1. The predicted molar refractivity (Wildman–Crippen MR) is 108 cm³/mol. The molecule has 1 aliphatic heterocycles. The second-order valence-electron chi connectivity index (χ2n) is 6.54. The van der Waals surface area contributed by atoms with Crippen LogP contribution in [0, 0.1) is 4.64 Å². The summed E-state index contributed by atoms with van der Waals surface area (Å²) in [6, 6.07) is 13.8. The zero-order valence-corrected chi connectivity index (χ0v) is 16.5. The molecule has 0 fully saturated rings. The molecule has 0 radical (unpaired) electrons. The molecule has 3 nitrogen and oxygen atoms in total. The molecule has 128 valence electrons. The molecule has 0 saturated carbocycles. The van der Waals surface area contributed by atoms with Crippen LogP contribution < -0.4 is 10.1 Å². The Morgan fingerprint density at radius 1 is 1.20 bits per heavy atom. The summed E-state index contributed by atoms with van der Waals surface area (Å²) in [7, 11) is 1.67. The molecular weight excluding hydrogens is 372 g/mol. The van der Waals surface area contributed by atoms with Crippen LogP contribution in [-0.2, 0) is 5.54 Å².